The van der Waals surface area contributed by atoms with E-state index in [1.807, 2.05) is 0 Å². The number of benzene rings is 1. The second-order valence-electron chi connectivity index (χ2n) is 7.22. The number of methoxy groups -OCH3 is 1. The number of nitrogens with one attached hydrogen (secondary N) is 1. The summed E-state index contributed by atoms with van der Waals surface area (Å²) in [5, 5.41) is 2.69. The number of carbonyl (C=O) groups is 3. The van der Waals surface area contributed by atoms with E-state index in [0.29, 0.717) is 19.3 Å². The first-order chi connectivity index (χ1) is 13.9. The number of alkyl halides is 2. The smallest absolute Gasteiger partial charge is 0.387 e. The van der Waals surface area contributed by atoms with Crippen molar-refractivity contribution < 1.29 is 32.6 Å². The van der Waals surface area contributed by atoms with E-state index in [0.717, 1.165) is 23.3 Å². The minimum Gasteiger partial charge on any atom is -0.493 e. The van der Waals surface area contributed by atoms with Gasteiger partial charge in [0.15, 0.2) is 11.5 Å². The van der Waals surface area contributed by atoms with Crippen LogP contribution in [0.2, 0.25) is 0 Å². The van der Waals surface area contributed by atoms with Crippen LogP contribution in [-0.4, -0.2) is 49.4 Å². The maximum atomic E-state index is 12.4. The second-order valence-corrected chi connectivity index (χ2v) is 7.22. The molecule has 3 amide bonds. The zero-order valence-electron chi connectivity index (χ0n) is 16.2. The standard InChI is InChI=1S/C20H24F2N2O5/c1-28-16-10-12(6-7-15(16)29-20(21)22)8-9-23-17(25)11-24-18(26)13-4-2-3-5-14(13)19(24)27/h6-7,10,13-14,20H,2-5,8-9,11H2,1H3,(H,23,25)/t13-,14-/m0/s1. The third-order valence-corrected chi connectivity index (χ3v) is 5.41. The fourth-order valence-corrected chi connectivity index (χ4v) is 3.99. The molecule has 1 aromatic carbocycles. The van der Waals surface area contributed by atoms with Crippen LogP contribution < -0.4 is 14.8 Å². The van der Waals surface area contributed by atoms with Crippen LogP contribution in [-0.2, 0) is 20.8 Å². The molecule has 2 fully saturated rings. The second kappa shape index (κ2) is 9.19. The van der Waals surface area contributed by atoms with Crippen LogP contribution in [0.15, 0.2) is 18.2 Å². The molecule has 1 saturated heterocycles. The maximum absolute atomic E-state index is 12.4. The molecule has 0 unspecified atom stereocenters. The number of hydrogen-bond acceptors (Lipinski definition) is 5. The van der Waals surface area contributed by atoms with E-state index >= 15 is 0 Å². The van der Waals surface area contributed by atoms with Crippen molar-refractivity contribution in [1.82, 2.24) is 10.2 Å². The van der Waals surface area contributed by atoms with Crippen molar-refractivity contribution >= 4 is 17.7 Å². The van der Waals surface area contributed by atoms with E-state index in [-0.39, 0.29) is 48.2 Å². The molecule has 1 aliphatic carbocycles. The van der Waals surface area contributed by atoms with Crippen LogP contribution in [0.1, 0.15) is 31.2 Å². The van der Waals surface area contributed by atoms with E-state index in [1.165, 1.54) is 13.2 Å². The molecule has 1 saturated carbocycles. The molecule has 0 bridgehead atoms. The van der Waals surface area contributed by atoms with Crippen molar-refractivity contribution in [2.45, 2.75) is 38.7 Å². The molecule has 1 heterocycles. The molecule has 0 aromatic heterocycles. The molecule has 1 aromatic rings. The van der Waals surface area contributed by atoms with Crippen LogP contribution in [0.25, 0.3) is 0 Å². The van der Waals surface area contributed by atoms with Crippen LogP contribution in [0.3, 0.4) is 0 Å². The lowest BCUT2D eigenvalue weighted by atomic mass is 9.81. The maximum Gasteiger partial charge on any atom is 0.387 e. The lowest BCUT2D eigenvalue weighted by molar-refractivity contribution is -0.143. The highest BCUT2D eigenvalue weighted by Crippen LogP contribution is 2.37. The molecule has 3 rings (SSSR count). The summed E-state index contributed by atoms with van der Waals surface area (Å²) in [4.78, 5) is 38.1. The lowest BCUT2D eigenvalue weighted by Gasteiger charge is -2.19. The Morgan fingerprint density at radius 3 is 2.41 bits per heavy atom. The van der Waals surface area contributed by atoms with Crippen molar-refractivity contribution in [3.63, 3.8) is 0 Å². The highest BCUT2D eigenvalue weighted by molar-refractivity contribution is 6.07. The van der Waals surface area contributed by atoms with E-state index in [1.54, 1.807) is 12.1 Å². The van der Waals surface area contributed by atoms with Crippen LogP contribution >= 0.6 is 0 Å². The van der Waals surface area contributed by atoms with Gasteiger partial charge in [0.05, 0.1) is 18.9 Å². The van der Waals surface area contributed by atoms with Crippen molar-refractivity contribution in [2.75, 3.05) is 20.2 Å². The average Bonchev–Trinajstić information content (AvgIpc) is 2.94. The predicted octanol–water partition coefficient (Wildman–Crippen LogP) is 2.13. The molecule has 1 aliphatic heterocycles. The van der Waals surface area contributed by atoms with Gasteiger partial charge in [-0.25, -0.2) is 0 Å². The van der Waals surface area contributed by atoms with Gasteiger partial charge in [0.25, 0.3) is 0 Å². The molecule has 0 radical (unpaired) electrons. The van der Waals surface area contributed by atoms with Gasteiger partial charge in [-0.1, -0.05) is 18.9 Å². The first kappa shape index (κ1) is 21.0. The summed E-state index contributed by atoms with van der Waals surface area (Å²) >= 11 is 0. The highest BCUT2D eigenvalue weighted by Gasteiger charge is 2.48. The summed E-state index contributed by atoms with van der Waals surface area (Å²) in [7, 11) is 1.35. The molecule has 9 heteroatoms. The number of nitrogens with zero attached hydrogens (tertiary/aromatic N) is 1. The van der Waals surface area contributed by atoms with E-state index in [2.05, 4.69) is 10.1 Å². The summed E-state index contributed by atoms with van der Waals surface area (Å²) in [5.74, 6) is -1.33. The Labute approximate surface area is 167 Å². The topological polar surface area (TPSA) is 84.9 Å². The van der Waals surface area contributed by atoms with Gasteiger partial charge in [-0.15, -0.1) is 0 Å². The molecule has 158 valence electrons. The molecular weight excluding hydrogens is 386 g/mol. The Hall–Kier alpha value is -2.71. The van der Waals surface area contributed by atoms with E-state index < -0.39 is 12.5 Å². The van der Waals surface area contributed by atoms with E-state index in [4.69, 9.17) is 4.74 Å². The molecule has 29 heavy (non-hydrogen) atoms. The molecule has 2 atom stereocenters. The van der Waals surface area contributed by atoms with Gasteiger partial charge >= 0.3 is 6.61 Å². The van der Waals surface area contributed by atoms with Crippen molar-refractivity contribution in [3.05, 3.63) is 23.8 Å². The number of halogens is 2. The Kier molecular flexibility index (Phi) is 6.66. The van der Waals surface area contributed by atoms with Gasteiger partial charge in [-0.2, -0.15) is 8.78 Å². The zero-order valence-corrected chi connectivity index (χ0v) is 16.2. The third-order valence-electron chi connectivity index (χ3n) is 5.41. The summed E-state index contributed by atoms with van der Waals surface area (Å²) in [6.45, 7) is -2.95. The van der Waals surface area contributed by atoms with Crippen LogP contribution in [0, 0.1) is 11.8 Å². The molecular formula is C20H24F2N2O5. The van der Waals surface area contributed by atoms with Gasteiger partial charge in [-0.05, 0) is 37.0 Å². The Bertz CT molecular complexity index is 762. The van der Waals surface area contributed by atoms with Gasteiger partial charge in [0, 0.05) is 6.54 Å². The SMILES string of the molecule is COc1cc(CCNC(=O)CN2C(=O)[C@H]3CCCC[C@@H]3C2=O)ccc1OC(F)F. The first-order valence-electron chi connectivity index (χ1n) is 9.64. The minimum atomic E-state index is -2.95. The Morgan fingerprint density at radius 1 is 1.17 bits per heavy atom. The molecule has 1 N–H and O–H groups in total. The zero-order chi connectivity index (χ0) is 21.0. The highest BCUT2D eigenvalue weighted by atomic mass is 19.3. The van der Waals surface area contributed by atoms with Crippen molar-refractivity contribution in [3.8, 4) is 11.5 Å². The average molecular weight is 410 g/mol. The fraction of sp³-hybridized carbons (Fsp3) is 0.550. The number of rotatable bonds is 8. The molecule has 2 aliphatic rings. The monoisotopic (exact) mass is 410 g/mol. The number of carbonyl (C=O) groups excluding carboxylic acids is 3. The fourth-order valence-electron chi connectivity index (χ4n) is 3.99. The quantitative estimate of drug-likeness (QED) is 0.664. The summed E-state index contributed by atoms with van der Waals surface area (Å²) in [6, 6.07) is 4.54. The third kappa shape index (κ3) is 4.83. The van der Waals surface area contributed by atoms with Crippen molar-refractivity contribution in [1.29, 1.82) is 0 Å². The Morgan fingerprint density at radius 2 is 1.83 bits per heavy atom. The Balaban J connectivity index is 1.50. The number of imide groups is 1. The summed E-state index contributed by atoms with van der Waals surface area (Å²) < 4.78 is 34.2. The minimum absolute atomic E-state index is 0.0668. The number of amides is 3. The predicted molar refractivity (Wildman–Crippen MR) is 98.5 cm³/mol. The summed E-state index contributed by atoms with van der Waals surface area (Å²) in [5.41, 5.74) is 0.753. The van der Waals surface area contributed by atoms with Gasteiger partial charge in [0.2, 0.25) is 17.7 Å². The van der Waals surface area contributed by atoms with Gasteiger partial charge in [-0.3, -0.25) is 19.3 Å². The summed E-state index contributed by atoms with van der Waals surface area (Å²) in [6.07, 6.45) is 3.71. The number of ether oxygens (including phenoxy) is 2. The number of likely N-dealkylation sites (tertiary alicyclic amines) is 1. The number of hydrogen-bond donors (Lipinski definition) is 1. The largest absolute Gasteiger partial charge is 0.493 e. The van der Waals surface area contributed by atoms with E-state index in [9.17, 15) is 23.2 Å². The van der Waals surface area contributed by atoms with Crippen LogP contribution in [0.5, 0.6) is 11.5 Å². The lowest BCUT2D eigenvalue weighted by Crippen LogP contribution is -2.41. The normalized spacial score (nSPS) is 21.3. The molecule has 7 nitrogen and oxygen atoms in total. The van der Waals surface area contributed by atoms with Crippen molar-refractivity contribution in [2.24, 2.45) is 11.8 Å². The van der Waals surface area contributed by atoms with Gasteiger partial charge in [0.1, 0.15) is 6.54 Å². The number of fused-ring (bicyclic) bond motifs is 1. The molecule has 0 spiro atoms. The van der Waals surface area contributed by atoms with Crippen LogP contribution in [0.4, 0.5) is 8.78 Å². The first-order valence-corrected chi connectivity index (χ1v) is 9.64. The van der Waals surface area contributed by atoms with Gasteiger partial charge < -0.3 is 14.8 Å².